The van der Waals surface area contributed by atoms with Crippen LogP contribution in [0, 0.1) is 10.1 Å². The third kappa shape index (κ3) is 3.66. The van der Waals surface area contributed by atoms with Crippen LogP contribution < -0.4 is 20.3 Å². The second-order valence-electron chi connectivity index (χ2n) is 5.07. The van der Waals surface area contributed by atoms with Gasteiger partial charge < -0.3 is 9.47 Å². The second-order valence-corrected chi connectivity index (χ2v) is 5.07. The summed E-state index contributed by atoms with van der Waals surface area (Å²) in [6.07, 6.45) is 0. The molecule has 0 unspecified atom stereocenters. The molecule has 0 saturated carbocycles. The van der Waals surface area contributed by atoms with E-state index in [-0.39, 0.29) is 16.8 Å². The smallest absolute Gasteiger partial charge is 0.269 e. The molecule has 0 bridgehead atoms. The number of hydrogen-bond acceptors (Lipinski definition) is 6. The van der Waals surface area contributed by atoms with Crippen molar-refractivity contribution >= 4 is 17.5 Å². The molecule has 0 fully saturated rings. The number of hydrogen-bond donors (Lipinski definition) is 2. The van der Waals surface area contributed by atoms with Gasteiger partial charge in [0.25, 0.3) is 17.5 Å². The summed E-state index contributed by atoms with van der Waals surface area (Å²) in [6.45, 7) is 0.846. The Morgan fingerprint density at radius 3 is 2.08 bits per heavy atom. The Balaban J connectivity index is 1.61. The Labute approximate surface area is 141 Å². The average Bonchev–Trinajstić information content (AvgIpc) is 2.65. The van der Waals surface area contributed by atoms with Crippen LogP contribution in [0.1, 0.15) is 20.7 Å². The van der Waals surface area contributed by atoms with E-state index in [4.69, 9.17) is 9.47 Å². The first kappa shape index (κ1) is 16.2. The quantitative estimate of drug-likeness (QED) is 0.643. The molecule has 0 atom stereocenters. The van der Waals surface area contributed by atoms with Gasteiger partial charge in [0.1, 0.15) is 13.2 Å². The minimum Gasteiger partial charge on any atom is -0.486 e. The Morgan fingerprint density at radius 2 is 1.44 bits per heavy atom. The number of benzene rings is 2. The summed E-state index contributed by atoms with van der Waals surface area (Å²) >= 11 is 0. The fraction of sp³-hybridized carbons (Fsp3) is 0.125. The lowest BCUT2D eigenvalue weighted by Gasteiger charge is -2.18. The van der Waals surface area contributed by atoms with Gasteiger partial charge >= 0.3 is 0 Å². The zero-order valence-electron chi connectivity index (χ0n) is 12.9. The van der Waals surface area contributed by atoms with Crippen LogP contribution in [0.2, 0.25) is 0 Å². The van der Waals surface area contributed by atoms with Crippen molar-refractivity contribution < 1.29 is 24.0 Å². The summed E-state index contributed by atoms with van der Waals surface area (Å²) in [5.74, 6) is -0.119. The van der Waals surface area contributed by atoms with Gasteiger partial charge in [-0.25, -0.2) is 0 Å². The van der Waals surface area contributed by atoms with Crippen LogP contribution >= 0.6 is 0 Å². The van der Waals surface area contributed by atoms with E-state index in [9.17, 15) is 19.7 Å². The highest BCUT2D eigenvalue weighted by Gasteiger charge is 2.16. The molecule has 0 radical (unpaired) electrons. The van der Waals surface area contributed by atoms with Crippen molar-refractivity contribution in [3.05, 3.63) is 63.7 Å². The molecule has 0 aromatic heterocycles. The van der Waals surface area contributed by atoms with Gasteiger partial charge in [-0.2, -0.15) is 0 Å². The molecule has 0 saturated heterocycles. The third-order valence-electron chi connectivity index (χ3n) is 3.43. The maximum Gasteiger partial charge on any atom is 0.269 e. The number of carbonyl (C=O) groups is 2. The van der Waals surface area contributed by atoms with Gasteiger partial charge in [0.15, 0.2) is 11.5 Å². The van der Waals surface area contributed by atoms with E-state index in [0.29, 0.717) is 24.7 Å². The molecular formula is C16H13N3O6. The van der Waals surface area contributed by atoms with Crippen molar-refractivity contribution in [3.8, 4) is 11.5 Å². The monoisotopic (exact) mass is 343 g/mol. The number of nitro groups is 1. The first-order valence-electron chi connectivity index (χ1n) is 7.29. The molecule has 2 amide bonds. The van der Waals surface area contributed by atoms with E-state index >= 15 is 0 Å². The zero-order chi connectivity index (χ0) is 17.8. The summed E-state index contributed by atoms with van der Waals surface area (Å²) in [4.78, 5) is 34.1. The maximum absolute atomic E-state index is 12.1. The standard InChI is InChI=1S/C16H13N3O6/c20-15(10-1-4-12(5-2-10)19(22)23)17-18-16(21)11-3-6-13-14(9-11)25-8-7-24-13/h1-6,9H,7-8H2,(H,17,20)(H,18,21). The van der Waals surface area contributed by atoms with Crippen molar-refractivity contribution in [3.63, 3.8) is 0 Å². The van der Waals surface area contributed by atoms with Crippen LogP contribution in [0.15, 0.2) is 42.5 Å². The van der Waals surface area contributed by atoms with E-state index in [2.05, 4.69) is 10.9 Å². The largest absolute Gasteiger partial charge is 0.486 e. The third-order valence-corrected chi connectivity index (χ3v) is 3.43. The number of nitrogens with zero attached hydrogens (tertiary/aromatic N) is 1. The average molecular weight is 343 g/mol. The SMILES string of the molecule is O=C(NNC(=O)c1ccc2c(c1)OCCO2)c1ccc([N+](=O)[O-])cc1. The molecule has 1 heterocycles. The summed E-state index contributed by atoms with van der Waals surface area (Å²) in [7, 11) is 0. The topological polar surface area (TPSA) is 120 Å². The molecule has 2 aromatic carbocycles. The maximum atomic E-state index is 12.1. The summed E-state index contributed by atoms with van der Waals surface area (Å²) < 4.78 is 10.8. The number of carbonyl (C=O) groups excluding carboxylic acids is 2. The number of amides is 2. The Bertz CT molecular complexity index is 834. The van der Waals surface area contributed by atoms with E-state index in [1.54, 1.807) is 12.1 Å². The van der Waals surface area contributed by atoms with Gasteiger partial charge in [-0.05, 0) is 30.3 Å². The number of fused-ring (bicyclic) bond motifs is 1. The van der Waals surface area contributed by atoms with Gasteiger partial charge in [0.05, 0.1) is 4.92 Å². The van der Waals surface area contributed by atoms with Crippen LogP contribution in [-0.2, 0) is 0 Å². The van der Waals surface area contributed by atoms with E-state index in [0.717, 1.165) is 0 Å². The van der Waals surface area contributed by atoms with E-state index < -0.39 is 16.7 Å². The van der Waals surface area contributed by atoms with Gasteiger partial charge in [-0.15, -0.1) is 0 Å². The first-order chi connectivity index (χ1) is 12.0. The molecule has 2 aromatic rings. The molecule has 2 N–H and O–H groups in total. The van der Waals surface area contributed by atoms with Crippen LogP contribution in [0.5, 0.6) is 11.5 Å². The van der Waals surface area contributed by atoms with Crippen molar-refractivity contribution in [1.29, 1.82) is 0 Å². The van der Waals surface area contributed by atoms with E-state index in [1.165, 1.54) is 30.3 Å². The number of rotatable bonds is 3. The molecule has 1 aliphatic heterocycles. The van der Waals surface area contributed by atoms with Crippen molar-refractivity contribution in [2.24, 2.45) is 0 Å². The molecule has 0 aliphatic carbocycles. The van der Waals surface area contributed by atoms with Gasteiger partial charge in [0, 0.05) is 23.3 Å². The highest BCUT2D eigenvalue weighted by molar-refractivity contribution is 5.99. The normalized spacial score (nSPS) is 12.2. The number of hydrazine groups is 1. The van der Waals surface area contributed by atoms with Crippen molar-refractivity contribution in [1.82, 2.24) is 10.9 Å². The summed E-state index contributed by atoms with van der Waals surface area (Å²) in [5.41, 5.74) is 4.85. The number of non-ortho nitro benzene ring substituents is 1. The minimum absolute atomic E-state index is 0.128. The molecule has 0 spiro atoms. The first-order valence-corrected chi connectivity index (χ1v) is 7.29. The predicted molar refractivity (Wildman–Crippen MR) is 85.5 cm³/mol. The van der Waals surface area contributed by atoms with E-state index in [1.807, 2.05) is 0 Å². The lowest BCUT2D eigenvalue weighted by molar-refractivity contribution is -0.384. The van der Waals surface area contributed by atoms with Crippen LogP contribution in [0.4, 0.5) is 5.69 Å². The molecule has 9 heteroatoms. The molecular weight excluding hydrogens is 330 g/mol. The molecule has 1 aliphatic rings. The van der Waals surface area contributed by atoms with Crippen LogP contribution in [-0.4, -0.2) is 30.0 Å². The van der Waals surface area contributed by atoms with Crippen LogP contribution in [0.3, 0.4) is 0 Å². The van der Waals surface area contributed by atoms with Gasteiger partial charge in [-0.1, -0.05) is 0 Å². The summed E-state index contributed by atoms with van der Waals surface area (Å²) in [6, 6.07) is 9.67. The second kappa shape index (κ2) is 6.87. The lowest BCUT2D eigenvalue weighted by Crippen LogP contribution is -2.41. The number of nitro benzene ring substituents is 1. The van der Waals surface area contributed by atoms with Crippen LogP contribution in [0.25, 0.3) is 0 Å². The molecule has 128 valence electrons. The zero-order valence-corrected chi connectivity index (χ0v) is 12.9. The molecule has 3 rings (SSSR count). The van der Waals surface area contributed by atoms with Gasteiger partial charge in [0.2, 0.25) is 0 Å². The lowest BCUT2D eigenvalue weighted by atomic mass is 10.2. The fourth-order valence-electron chi connectivity index (χ4n) is 2.18. The molecule has 9 nitrogen and oxygen atoms in total. The van der Waals surface area contributed by atoms with Crippen molar-refractivity contribution in [2.75, 3.05) is 13.2 Å². The Hall–Kier alpha value is -3.62. The number of nitrogens with one attached hydrogen (secondary N) is 2. The molecule has 25 heavy (non-hydrogen) atoms. The number of ether oxygens (including phenoxy) is 2. The predicted octanol–water partition coefficient (Wildman–Crippen LogP) is 1.44. The fourth-order valence-corrected chi connectivity index (χ4v) is 2.18. The highest BCUT2D eigenvalue weighted by atomic mass is 16.6. The van der Waals surface area contributed by atoms with Gasteiger partial charge in [-0.3, -0.25) is 30.6 Å². The Kier molecular flexibility index (Phi) is 4.46. The Morgan fingerprint density at radius 1 is 0.880 bits per heavy atom. The minimum atomic E-state index is -0.596. The van der Waals surface area contributed by atoms with Crippen molar-refractivity contribution in [2.45, 2.75) is 0 Å². The highest BCUT2D eigenvalue weighted by Crippen LogP contribution is 2.30. The summed E-state index contributed by atoms with van der Waals surface area (Å²) in [5, 5.41) is 10.6.